The molecule has 4 aromatic rings. The Morgan fingerprint density at radius 3 is 1.97 bits per heavy atom. The lowest BCUT2D eigenvalue weighted by Gasteiger charge is -2.45. The smallest absolute Gasteiger partial charge is 0.331 e. The van der Waals surface area contributed by atoms with Crippen molar-refractivity contribution in [2.24, 2.45) is 0 Å². The Balaban J connectivity index is 1.24. The predicted molar refractivity (Wildman–Crippen MR) is 219 cm³/mol. The van der Waals surface area contributed by atoms with Gasteiger partial charge in [0.1, 0.15) is 83.2 Å². The Kier molecular flexibility index (Phi) is 14.7. The van der Waals surface area contributed by atoms with Gasteiger partial charge in [-0.05, 0) is 55.0 Å². The quantitative estimate of drug-likeness (QED) is 0.0512. The largest absolute Gasteiger partial charge is 0.508 e. The molecule has 7 rings (SSSR count). The number of carbonyl (C=O) groups is 1. The van der Waals surface area contributed by atoms with Crippen molar-refractivity contribution in [1.29, 1.82) is 0 Å². The van der Waals surface area contributed by atoms with Gasteiger partial charge in [0, 0.05) is 23.8 Å². The molecule has 0 unspecified atom stereocenters. The van der Waals surface area contributed by atoms with E-state index in [1.807, 2.05) is 0 Å². The van der Waals surface area contributed by atoms with Gasteiger partial charge in [0.25, 0.3) is 0 Å². The fourth-order valence-corrected chi connectivity index (χ4v) is 7.47. The van der Waals surface area contributed by atoms with Crippen molar-refractivity contribution in [2.45, 2.75) is 99.0 Å². The molecule has 23 nitrogen and oxygen atoms in total. The maximum absolute atomic E-state index is 14.5. The molecule has 3 aliphatic rings. The number of hydrogen-bond donors (Lipinski definition) is 12. The standard InChI is InChI=1S/C43H48O23/c1-16-29(50)33(54)36(57)41(59-16)66-40-35(56)31(52)26(15-45)63-43(40)65-38-32(53)28-22(48)12-20(13-24(28)61-37(38)18-5-7-19(46)8-6-18)60-42-39(34(55)30(51)25(14-44)62-42)64-27(49)10-4-17-3-9-21(47)23(11-17)58-2/h3-13,16,25-26,29-31,33-36,39-48,50-52,54-57H,14-15H2,1-2H3/b10-4+/t16-,25+,26+,29-,30+,31+,33+,34-,35-,36+,39+,40+,41-,42+,43-/m0/s1. The molecule has 3 saturated heterocycles. The molecule has 0 saturated carbocycles. The van der Waals surface area contributed by atoms with Crippen molar-refractivity contribution in [3.05, 3.63) is 76.5 Å². The molecule has 3 aromatic carbocycles. The van der Waals surface area contributed by atoms with E-state index in [1.165, 1.54) is 62.6 Å². The molecule has 358 valence electrons. The van der Waals surface area contributed by atoms with Crippen molar-refractivity contribution in [2.75, 3.05) is 20.3 Å². The number of ether oxygens (including phenoxy) is 8. The molecule has 3 aliphatic heterocycles. The first-order chi connectivity index (χ1) is 31.4. The number of carbonyl (C=O) groups excluding carboxylic acids is 1. The maximum atomic E-state index is 14.5. The van der Waals surface area contributed by atoms with Crippen molar-refractivity contribution in [3.8, 4) is 45.8 Å². The first-order valence-electron chi connectivity index (χ1n) is 20.3. The van der Waals surface area contributed by atoms with Gasteiger partial charge in [0.15, 0.2) is 35.8 Å². The summed E-state index contributed by atoms with van der Waals surface area (Å²) in [6, 6.07) is 11.3. The van der Waals surface area contributed by atoms with Gasteiger partial charge in [-0.25, -0.2) is 4.79 Å². The van der Waals surface area contributed by atoms with Gasteiger partial charge in [0.05, 0.1) is 26.4 Å². The lowest BCUT2D eigenvalue weighted by molar-refractivity contribution is -0.354. The van der Waals surface area contributed by atoms with Gasteiger partial charge in [-0.1, -0.05) is 6.07 Å². The summed E-state index contributed by atoms with van der Waals surface area (Å²) >= 11 is 0. The molecular weight excluding hydrogens is 884 g/mol. The number of aliphatic hydroxyl groups is 9. The van der Waals surface area contributed by atoms with Crippen LogP contribution < -0.4 is 19.6 Å². The number of benzene rings is 3. The molecule has 1 aromatic heterocycles. The zero-order valence-corrected chi connectivity index (χ0v) is 34.8. The Morgan fingerprint density at radius 2 is 1.33 bits per heavy atom. The summed E-state index contributed by atoms with van der Waals surface area (Å²) in [6.07, 6.45) is -23.8. The Labute approximate surface area is 372 Å². The van der Waals surface area contributed by atoms with E-state index in [9.17, 15) is 70.9 Å². The van der Waals surface area contributed by atoms with Crippen LogP contribution in [0.2, 0.25) is 0 Å². The molecule has 12 N–H and O–H groups in total. The van der Waals surface area contributed by atoms with Crippen LogP contribution in [0.15, 0.2) is 69.9 Å². The van der Waals surface area contributed by atoms with Crippen LogP contribution in [0.3, 0.4) is 0 Å². The van der Waals surface area contributed by atoms with E-state index >= 15 is 0 Å². The van der Waals surface area contributed by atoms with E-state index in [1.54, 1.807) is 0 Å². The van der Waals surface area contributed by atoms with Gasteiger partial charge >= 0.3 is 5.97 Å². The molecule has 4 heterocycles. The second-order valence-corrected chi connectivity index (χ2v) is 15.5. The van der Waals surface area contributed by atoms with Crippen LogP contribution in [0.25, 0.3) is 28.4 Å². The first kappa shape index (κ1) is 48.3. The lowest BCUT2D eigenvalue weighted by atomic mass is 9.97. The number of aromatic hydroxyl groups is 3. The van der Waals surface area contributed by atoms with Gasteiger partial charge in [-0.2, -0.15) is 0 Å². The summed E-state index contributed by atoms with van der Waals surface area (Å²) < 4.78 is 51.3. The second-order valence-electron chi connectivity index (χ2n) is 15.5. The minimum absolute atomic E-state index is 0.0569. The van der Waals surface area contributed by atoms with Crippen LogP contribution in [0.4, 0.5) is 0 Å². The molecule has 3 fully saturated rings. The number of hydrogen-bond acceptors (Lipinski definition) is 23. The summed E-state index contributed by atoms with van der Waals surface area (Å²) in [6.45, 7) is -0.362. The van der Waals surface area contributed by atoms with E-state index in [-0.39, 0.29) is 28.6 Å². The number of phenolic OH excluding ortho intramolecular Hbond substituents is 3. The van der Waals surface area contributed by atoms with Gasteiger partial charge < -0.3 is 104 Å². The van der Waals surface area contributed by atoms with E-state index in [0.29, 0.717) is 5.56 Å². The number of esters is 1. The third-order valence-corrected chi connectivity index (χ3v) is 11.1. The summed E-state index contributed by atoms with van der Waals surface area (Å²) in [7, 11) is 1.33. The van der Waals surface area contributed by atoms with Gasteiger partial charge in [-0.3, -0.25) is 4.79 Å². The first-order valence-corrected chi connectivity index (χ1v) is 20.3. The highest BCUT2D eigenvalue weighted by molar-refractivity contribution is 5.89. The average molecular weight is 933 g/mol. The number of methoxy groups -OCH3 is 1. The van der Waals surface area contributed by atoms with Crippen molar-refractivity contribution >= 4 is 23.0 Å². The second kappa shape index (κ2) is 20.1. The third kappa shape index (κ3) is 9.75. The molecule has 0 amide bonds. The Morgan fingerprint density at radius 1 is 0.697 bits per heavy atom. The molecule has 0 spiro atoms. The highest BCUT2D eigenvalue weighted by atomic mass is 16.8. The fourth-order valence-electron chi connectivity index (χ4n) is 7.47. The minimum atomic E-state index is -1.98. The summed E-state index contributed by atoms with van der Waals surface area (Å²) in [4.78, 5) is 27.5. The highest BCUT2D eigenvalue weighted by Gasteiger charge is 2.52. The SMILES string of the molecule is COc1cc(/C=C/C(=O)O[C@H]2[C@H](Oc3cc(O)c4c(=O)c(O[C@@H]5O[C@H](CO)[C@@H](O)[C@H](O)[C@H]5O[C@@H]5O[C@@H](C)[C@H](O)[C@@H](O)[C@H]5O)c(-c5ccc(O)cc5)oc4c3)O[C@H](CO)[C@@H](O)[C@@H]2O)ccc1O. The van der Waals surface area contributed by atoms with E-state index in [4.69, 9.17) is 42.3 Å². The molecule has 66 heavy (non-hydrogen) atoms. The van der Waals surface area contributed by atoms with Gasteiger partial charge in [-0.15, -0.1) is 0 Å². The number of aliphatic hydroxyl groups excluding tert-OH is 9. The number of rotatable bonds is 13. The monoisotopic (exact) mass is 932 g/mol. The predicted octanol–water partition coefficient (Wildman–Crippen LogP) is -1.94. The van der Waals surface area contributed by atoms with Crippen molar-refractivity contribution in [1.82, 2.24) is 0 Å². The van der Waals surface area contributed by atoms with Crippen molar-refractivity contribution < 1.29 is 108 Å². The average Bonchev–Trinajstić information content (AvgIpc) is 3.29. The van der Waals surface area contributed by atoms with Gasteiger partial charge in [0.2, 0.25) is 23.8 Å². The van der Waals surface area contributed by atoms with Crippen LogP contribution in [0.5, 0.6) is 34.5 Å². The molecular formula is C43H48O23. The van der Waals surface area contributed by atoms with Crippen LogP contribution in [-0.2, 0) is 28.5 Å². The summed E-state index contributed by atoms with van der Waals surface area (Å²) in [5.74, 6) is -3.61. The summed E-state index contributed by atoms with van der Waals surface area (Å²) in [5.41, 5.74) is -1.05. The third-order valence-electron chi connectivity index (χ3n) is 11.1. The van der Waals surface area contributed by atoms with E-state index in [2.05, 4.69) is 0 Å². The summed E-state index contributed by atoms with van der Waals surface area (Å²) in [5, 5.41) is 126. The topological polar surface area (TPSA) is 364 Å². The number of fused-ring (bicyclic) bond motifs is 1. The Hall–Kier alpha value is -5.64. The van der Waals surface area contributed by atoms with Crippen LogP contribution in [0.1, 0.15) is 12.5 Å². The Bertz CT molecular complexity index is 2420. The molecule has 15 atom stereocenters. The highest BCUT2D eigenvalue weighted by Crippen LogP contribution is 2.40. The zero-order valence-electron chi connectivity index (χ0n) is 34.8. The molecule has 0 radical (unpaired) electrons. The molecule has 23 heteroatoms. The fraction of sp³-hybridized carbons (Fsp3) is 0.442. The van der Waals surface area contributed by atoms with E-state index in [0.717, 1.165) is 18.2 Å². The van der Waals surface area contributed by atoms with E-state index < -0.39 is 145 Å². The lowest BCUT2D eigenvalue weighted by Crippen LogP contribution is -2.64. The maximum Gasteiger partial charge on any atom is 0.331 e. The van der Waals surface area contributed by atoms with Crippen molar-refractivity contribution in [3.63, 3.8) is 0 Å². The van der Waals surface area contributed by atoms with Crippen LogP contribution in [0, 0.1) is 0 Å². The number of phenols is 3. The minimum Gasteiger partial charge on any atom is -0.508 e. The normalized spacial score (nSPS) is 32.6. The van der Waals surface area contributed by atoms with Crippen LogP contribution in [-0.4, -0.2) is 180 Å². The molecule has 0 aliphatic carbocycles. The van der Waals surface area contributed by atoms with Crippen LogP contribution >= 0.6 is 0 Å². The molecule has 0 bridgehead atoms. The zero-order chi connectivity index (χ0) is 47.7.